The highest BCUT2D eigenvalue weighted by Crippen LogP contribution is 2.28. The molecule has 0 aliphatic rings. The molecule has 20 heavy (non-hydrogen) atoms. The first-order chi connectivity index (χ1) is 9.45. The fourth-order valence-corrected chi connectivity index (χ4v) is 3.42. The second kappa shape index (κ2) is 6.41. The van der Waals surface area contributed by atoms with Gasteiger partial charge in [0, 0.05) is 39.1 Å². The van der Waals surface area contributed by atoms with E-state index < -0.39 is 0 Å². The van der Waals surface area contributed by atoms with Crippen LogP contribution in [0.5, 0.6) is 0 Å². The maximum atomic E-state index is 11.1. The van der Waals surface area contributed by atoms with Gasteiger partial charge in [-0.05, 0) is 53.5 Å². The summed E-state index contributed by atoms with van der Waals surface area (Å²) in [5.74, 6) is -0.0578. The predicted octanol–water partition coefficient (Wildman–Crippen LogP) is 4.70. The largest absolute Gasteiger partial charge is 0.380 e. The van der Waals surface area contributed by atoms with E-state index in [9.17, 15) is 4.79 Å². The number of nitrogens with one attached hydrogen (secondary N) is 2. The molecule has 0 spiro atoms. The lowest BCUT2D eigenvalue weighted by atomic mass is 10.1. The molecule has 3 nitrogen and oxygen atoms in total. The van der Waals surface area contributed by atoms with E-state index in [-0.39, 0.29) is 5.91 Å². The van der Waals surface area contributed by atoms with Crippen molar-refractivity contribution >= 4 is 44.5 Å². The summed E-state index contributed by atoms with van der Waals surface area (Å²) in [5.41, 5.74) is 3.01. The maximum absolute atomic E-state index is 11.1. The number of aryl methyl sites for hydroxylation is 2. The van der Waals surface area contributed by atoms with Crippen LogP contribution in [0, 0.1) is 13.8 Å². The van der Waals surface area contributed by atoms with Gasteiger partial charge in [0.25, 0.3) is 0 Å². The van der Waals surface area contributed by atoms with Gasteiger partial charge in [-0.25, -0.2) is 0 Å². The smallest absolute Gasteiger partial charge is 0.221 e. The van der Waals surface area contributed by atoms with Gasteiger partial charge in [-0.1, -0.05) is 6.07 Å². The summed E-state index contributed by atoms with van der Waals surface area (Å²) in [6.45, 7) is 6.44. The summed E-state index contributed by atoms with van der Waals surface area (Å²) in [5, 5.41) is 6.22. The average Bonchev–Trinajstić information content (AvgIpc) is 2.69. The molecule has 1 heterocycles. The first-order valence-corrected chi connectivity index (χ1v) is 7.93. The summed E-state index contributed by atoms with van der Waals surface area (Å²) in [6, 6.07) is 8.02. The molecule has 0 unspecified atom stereocenters. The molecule has 0 saturated heterocycles. The number of hydrogen-bond acceptors (Lipinski definition) is 3. The van der Waals surface area contributed by atoms with Crippen LogP contribution in [0.25, 0.3) is 0 Å². The molecule has 0 aliphatic heterocycles. The van der Waals surface area contributed by atoms with E-state index in [2.05, 4.69) is 46.5 Å². The van der Waals surface area contributed by atoms with Gasteiger partial charge in [0.2, 0.25) is 5.91 Å². The summed E-state index contributed by atoms with van der Waals surface area (Å²) in [7, 11) is 0. The molecule has 0 radical (unpaired) electrons. The van der Waals surface area contributed by atoms with Gasteiger partial charge >= 0.3 is 0 Å². The number of thiophene rings is 1. The van der Waals surface area contributed by atoms with Gasteiger partial charge < -0.3 is 10.6 Å². The van der Waals surface area contributed by atoms with Crippen molar-refractivity contribution in [3.05, 3.63) is 44.1 Å². The number of rotatable bonds is 4. The molecule has 0 bridgehead atoms. The van der Waals surface area contributed by atoms with Gasteiger partial charge in [-0.2, -0.15) is 0 Å². The molecule has 0 fully saturated rings. The number of benzene rings is 1. The molecule has 0 saturated carbocycles. The minimum absolute atomic E-state index is 0.0578. The normalized spacial score (nSPS) is 10.4. The van der Waals surface area contributed by atoms with E-state index in [0.717, 1.165) is 28.0 Å². The molecule has 2 N–H and O–H groups in total. The van der Waals surface area contributed by atoms with E-state index in [4.69, 9.17) is 0 Å². The predicted molar refractivity (Wildman–Crippen MR) is 89.6 cm³/mol. The van der Waals surface area contributed by atoms with Crippen LogP contribution in [0.3, 0.4) is 0 Å². The number of carbonyl (C=O) groups excluding carboxylic acids is 1. The van der Waals surface area contributed by atoms with E-state index in [1.165, 1.54) is 16.7 Å². The molecular weight excluding hydrogens is 336 g/mol. The van der Waals surface area contributed by atoms with Gasteiger partial charge in [-0.3, -0.25) is 4.79 Å². The van der Waals surface area contributed by atoms with Gasteiger partial charge in [-0.15, -0.1) is 11.3 Å². The molecule has 106 valence electrons. The Morgan fingerprint density at radius 3 is 2.65 bits per heavy atom. The summed E-state index contributed by atoms with van der Waals surface area (Å²) >= 11 is 5.31. The van der Waals surface area contributed by atoms with Crippen LogP contribution in [-0.2, 0) is 11.3 Å². The molecule has 2 rings (SSSR count). The number of halogens is 1. The van der Waals surface area contributed by atoms with Crippen molar-refractivity contribution in [2.45, 2.75) is 27.3 Å². The Morgan fingerprint density at radius 2 is 2.05 bits per heavy atom. The Morgan fingerprint density at radius 1 is 1.30 bits per heavy atom. The lowest BCUT2D eigenvalue weighted by molar-refractivity contribution is -0.114. The molecule has 0 aliphatic carbocycles. The quantitative estimate of drug-likeness (QED) is 0.837. The molecule has 1 amide bonds. The second-order valence-corrected chi connectivity index (χ2v) is 6.88. The highest BCUT2D eigenvalue weighted by atomic mass is 79.9. The third-order valence-electron chi connectivity index (χ3n) is 2.92. The van der Waals surface area contributed by atoms with Crippen LogP contribution in [0.4, 0.5) is 11.4 Å². The zero-order valence-electron chi connectivity index (χ0n) is 11.7. The van der Waals surface area contributed by atoms with Crippen molar-refractivity contribution < 1.29 is 4.79 Å². The Labute approximate surface area is 131 Å². The highest BCUT2D eigenvalue weighted by Gasteiger charge is 2.05. The first-order valence-electron chi connectivity index (χ1n) is 6.32. The summed E-state index contributed by atoms with van der Waals surface area (Å²) in [4.78, 5) is 13.7. The number of amides is 1. The van der Waals surface area contributed by atoms with Crippen molar-refractivity contribution in [2.24, 2.45) is 0 Å². The Balaban J connectivity index is 2.10. The Hall–Kier alpha value is -1.33. The van der Waals surface area contributed by atoms with Crippen LogP contribution in [0.2, 0.25) is 0 Å². The third-order valence-corrected chi connectivity index (χ3v) is 5.06. The highest BCUT2D eigenvalue weighted by molar-refractivity contribution is 9.10. The number of carbonyl (C=O) groups is 1. The summed E-state index contributed by atoms with van der Waals surface area (Å²) in [6.07, 6.45) is 0. The van der Waals surface area contributed by atoms with Crippen LogP contribution < -0.4 is 10.6 Å². The monoisotopic (exact) mass is 352 g/mol. The van der Waals surface area contributed by atoms with E-state index in [0.29, 0.717) is 0 Å². The van der Waals surface area contributed by atoms with Crippen molar-refractivity contribution in [1.29, 1.82) is 0 Å². The molecular formula is C15H17BrN2OS. The zero-order valence-corrected chi connectivity index (χ0v) is 14.1. The van der Waals surface area contributed by atoms with Crippen LogP contribution >= 0.6 is 27.3 Å². The zero-order chi connectivity index (χ0) is 14.7. The molecule has 2 aromatic rings. The minimum Gasteiger partial charge on any atom is -0.380 e. The topological polar surface area (TPSA) is 41.1 Å². The van der Waals surface area contributed by atoms with E-state index in [1.54, 1.807) is 11.3 Å². The summed E-state index contributed by atoms with van der Waals surface area (Å²) < 4.78 is 1.16. The minimum atomic E-state index is -0.0578. The van der Waals surface area contributed by atoms with Crippen molar-refractivity contribution in [3.8, 4) is 0 Å². The van der Waals surface area contributed by atoms with Crippen LogP contribution in [-0.4, -0.2) is 5.91 Å². The molecule has 0 atom stereocenters. The van der Waals surface area contributed by atoms with Gasteiger partial charge in [0.15, 0.2) is 0 Å². The number of hydrogen-bond donors (Lipinski definition) is 2. The van der Waals surface area contributed by atoms with Gasteiger partial charge in [0.05, 0.1) is 0 Å². The average molecular weight is 353 g/mol. The van der Waals surface area contributed by atoms with Crippen molar-refractivity contribution in [3.63, 3.8) is 0 Å². The van der Waals surface area contributed by atoms with Crippen LogP contribution in [0.1, 0.15) is 22.2 Å². The van der Waals surface area contributed by atoms with E-state index in [1.807, 2.05) is 18.2 Å². The van der Waals surface area contributed by atoms with Crippen LogP contribution in [0.15, 0.2) is 28.7 Å². The lowest BCUT2D eigenvalue weighted by Gasteiger charge is -2.11. The standard InChI is InChI=1S/C15H17BrN2OS/c1-9-4-5-12(18-11(3)19)6-15(9)17-8-13-7-14(16)10(2)20-13/h4-7,17H,8H2,1-3H3,(H,18,19). The number of anilines is 2. The third kappa shape index (κ3) is 3.84. The van der Waals surface area contributed by atoms with Crippen molar-refractivity contribution in [1.82, 2.24) is 0 Å². The molecule has 5 heteroatoms. The lowest BCUT2D eigenvalue weighted by Crippen LogP contribution is -2.07. The van der Waals surface area contributed by atoms with E-state index >= 15 is 0 Å². The molecule has 1 aromatic heterocycles. The second-order valence-electron chi connectivity index (χ2n) is 4.68. The first kappa shape index (κ1) is 15.1. The van der Waals surface area contributed by atoms with Crippen molar-refractivity contribution in [2.75, 3.05) is 10.6 Å². The Kier molecular flexibility index (Phi) is 4.83. The maximum Gasteiger partial charge on any atom is 0.221 e. The SMILES string of the molecule is CC(=O)Nc1ccc(C)c(NCc2cc(Br)c(C)s2)c1. The Bertz CT molecular complexity index is 617. The fourth-order valence-electron chi connectivity index (χ4n) is 1.88. The van der Waals surface area contributed by atoms with Gasteiger partial charge in [0.1, 0.15) is 0 Å². The fraction of sp³-hybridized carbons (Fsp3) is 0.267. The molecule has 1 aromatic carbocycles.